The number of hydrogen-bond acceptors (Lipinski definition) is 5. The van der Waals surface area contributed by atoms with Crippen molar-refractivity contribution in [2.45, 2.75) is 51.0 Å². The minimum atomic E-state index is -0.276. The fourth-order valence-corrected chi connectivity index (χ4v) is 6.30. The van der Waals surface area contributed by atoms with E-state index in [4.69, 9.17) is 9.47 Å². The maximum Gasteiger partial charge on any atom is 0.193 e. The van der Waals surface area contributed by atoms with Crippen LogP contribution in [0.15, 0.2) is 42.0 Å². The molecule has 0 amide bonds. The Morgan fingerprint density at radius 2 is 1.89 bits per heavy atom. The minimum absolute atomic E-state index is 0.0907. The highest BCUT2D eigenvalue weighted by Crippen LogP contribution is 2.50. The lowest BCUT2D eigenvalue weighted by Crippen LogP contribution is -2.51. The molecule has 35 heavy (non-hydrogen) atoms. The van der Waals surface area contributed by atoms with Crippen LogP contribution in [0.3, 0.4) is 0 Å². The number of benzene rings is 2. The molecular formula is C30H32N2O3. The maximum atomic E-state index is 13.6. The van der Waals surface area contributed by atoms with Crippen LogP contribution < -0.4 is 4.74 Å². The van der Waals surface area contributed by atoms with Crippen molar-refractivity contribution >= 4 is 11.4 Å². The topological polar surface area (TPSA) is 62.6 Å². The molecule has 5 heteroatoms. The molecule has 0 saturated carbocycles. The van der Waals surface area contributed by atoms with Crippen molar-refractivity contribution in [2.75, 3.05) is 32.9 Å². The second kappa shape index (κ2) is 8.62. The van der Waals surface area contributed by atoms with Crippen molar-refractivity contribution < 1.29 is 14.3 Å². The number of rotatable bonds is 5. The van der Waals surface area contributed by atoms with Crippen LogP contribution in [0.1, 0.15) is 65.7 Å². The Kier molecular flexibility index (Phi) is 5.55. The molecule has 2 aromatic carbocycles. The summed E-state index contributed by atoms with van der Waals surface area (Å²) in [4.78, 5) is 16.1. The summed E-state index contributed by atoms with van der Waals surface area (Å²) in [5.74, 6) is 1.65. The SMILES string of the molecule is CC1(C)C2=C(C(=O)c3ccc(OCCC4CCN(C5COC5)CC4)cc31)c1ccc(C#N)cc1C2. The molecule has 2 aliphatic carbocycles. The van der Waals surface area contributed by atoms with Crippen molar-refractivity contribution in [1.82, 2.24) is 4.90 Å². The van der Waals surface area contributed by atoms with Gasteiger partial charge in [0.25, 0.3) is 0 Å². The van der Waals surface area contributed by atoms with E-state index in [1.165, 1.54) is 25.9 Å². The Balaban J connectivity index is 1.14. The Morgan fingerprint density at radius 3 is 2.60 bits per heavy atom. The molecule has 0 radical (unpaired) electrons. The van der Waals surface area contributed by atoms with E-state index < -0.39 is 0 Å². The van der Waals surface area contributed by atoms with E-state index in [2.05, 4.69) is 30.9 Å². The molecule has 2 fully saturated rings. The predicted octanol–water partition coefficient (Wildman–Crippen LogP) is 4.92. The molecular weight excluding hydrogens is 436 g/mol. The summed E-state index contributed by atoms with van der Waals surface area (Å²) in [6, 6.07) is 14.5. The van der Waals surface area contributed by atoms with Crippen molar-refractivity contribution in [1.29, 1.82) is 5.26 Å². The van der Waals surface area contributed by atoms with Gasteiger partial charge < -0.3 is 9.47 Å². The van der Waals surface area contributed by atoms with Crippen molar-refractivity contribution in [2.24, 2.45) is 5.92 Å². The molecule has 2 aliphatic heterocycles. The number of carbonyl (C=O) groups is 1. The molecule has 5 nitrogen and oxygen atoms in total. The van der Waals surface area contributed by atoms with E-state index in [0.717, 1.165) is 65.2 Å². The van der Waals surface area contributed by atoms with Crippen LogP contribution in [0.2, 0.25) is 0 Å². The number of nitrogens with zero attached hydrogens (tertiary/aromatic N) is 2. The Labute approximate surface area is 207 Å². The van der Waals surface area contributed by atoms with Crippen LogP contribution in [0.25, 0.3) is 5.57 Å². The molecule has 2 aromatic rings. The molecule has 0 N–H and O–H groups in total. The molecule has 0 aromatic heterocycles. The number of likely N-dealkylation sites (tertiary alicyclic amines) is 1. The summed E-state index contributed by atoms with van der Waals surface area (Å²) >= 11 is 0. The summed E-state index contributed by atoms with van der Waals surface area (Å²) in [5, 5.41) is 9.30. The lowest BCUT2D eigenvalue weighted by molar-refractivity contribution is -0.0742. The zero-order valence-electron chi connectivity index (χ0n) is 20.6. The van der Waals surface area contributed by atoms with Crippen LogP contribution in [-0.4, -0.2) is 49.6 Å². The highest BCUT2D eigenvalue weighted by molar-refractivity contribution is 6.33. The first kappa shape index (κ1) is 22.5. The number of Topliss-reactive ketones (excluding diaryl/α,β-unsaturated/α-hetero) is 1. The number of allylic oxidation sites excluding steroid dienone is 2. The molecule has 4 aliphatic rings. The summed E-state index contributed by atoms with van der Waals surface area (Å²) in [6.07, 6.45) is 4.25. The molecule has 0 atom stereocenters. The third-order valence-electron chi connectivity index (χ3n) is 8.64. The average molecular weight is 469 g/mol. The van der Waals surface area contributed by atoms with Gasteiger partial charge in [-0.25, -0.2) is 0 Å². The van der Waals surface area contributed by atoms with Crippen LogP contribution in [0, 0.1) is 17.2 Å². The van der Waals surface area contributed by atoms with Gasteiger partial charge in [0.1, 0.15) is 5.75 Å². The summed E-state index contributed by atoms with van der Waals surface area (Å²) < 4.78 is 11.6. The predicted molar refractivity (Wildman–Crippen MR) is 135 cm³/mol. The van der Waals surface area contributed by atoms with Gasteiger partial charge >= 0.3 is 0 Å². The van der Waals surface area contributed by atoms with Crippen LogP contribution in [-0.2, 0) is 16.6 Å². The fourth-order valence-electron chi connectivity index (χ4n) is 6.30. The number of fused-ring (bicyclic) bond motifs is 3. The smallest absolute Gasteiger partial charge is 0.193 e. The molecule has 0 bridgehead atoms. The van der Waals surface area contributed by atoms with Gasteiger partial charge in [-0.2, -0.15) is 5.26 Å². The Hall–Kier alpha value is -2.94. The first-order chi connectivity index (χ1) is 17.0. The molecule has 2 heterocycles. The van der Waals surface area contributed by atoms with Crippen molar-refractivity contribution in [3.63, 3.8) is 0 Å². The van der Waals surface area contributed by atoms with Gasteiger partial charge in [-0.1, -0.05) is 19.9 Å². The number of ether oxygens (including phenoxy) is 2. The zero-order chi connectivity index (χ0) is 24.2. The number of carbonyl (C=O) groups excluding carboxylic acids is 1. The van der Waals surface area contributed by atoms with Gasteiger partial charge in [-0.3, -0.25) is 9.69 Å². The van der Waals surface area contributed by atoms with E-state index in [-0.39, 0.29) is 11.2 Å². The Bertz CT molecular complexity index is 1260. The van der Waals surface area contributed by atoms with E-state index >= 15 is 0 Å². The van der Waals surface area contributed by atoms with Crippen LogP contribution in [0.5, 0.6) is 5.75 Å². The van der Waals surface area contributed by atoms with Gasteiger partial charge in [0.15, 0.2) is 5.78 Å². The van der Waals surface area contributed by atoms with Crippen molar-refractivity contribution in [3.8, 4) is 11.8 Å². The van der Waals surface area contributed by atoms with Crippen molar-refractivity contribution in [3.05, 3.63) is 69.8 Å². The molecule has 180 valence electrons. The molecule has 0 unspecified atom stereocenters. The maximum absolute atomic E-state index is 13.6. The van der Waals surface area contributed by atoms with Crippen LogP contribution >= 0.6 is 0 Å². The second-order valence-corrected chi connectivity index (χ2v) is 11.0. The highest BCUT2D eigenvalue weighted by Gasteiger charge is 2.43. The number of ketones is 1. The lowest BCUT2D eigenvalue weighted by Gasteiger charge is -2.41. The standard InChI is InChI=1S/C30H32N2O3/c1-30(2)26-15-23(35-12-9-19-7-10-32(11-8-19)22-17-34-18-22)4-6-25(26)29(33)28-24-5-3-20(16-31)13-21(24)14-27(28)30/h3-6,13,15,19,22H,7-12,14,17-18H2,1-2H3. The summed E-state index contributed by atoms with van der Waals surface area (Å²) in [7, 11) is 0. The summed E-state index contributed by atoms with van der Waals surface area (Å²) in [5.41, 5.74) is 6.23. The fraction of sp³-hybridized carbons (Fsp3) is 0.467. The normalized spacial score (nSPS) is 21.7. The third-order valence-corrected chi connectivity index (χ3v) is 8.64. The largest absolute Gasteiger partial charge is 0.494 e. The first-order valence-electron chi connectivity index (χ1n) is 12.9. The zero-order valence-corrected chi connectivity index (χ0v) is 20.6. The number of piperidine rings is 1. The molecule has 2 saturated heterocycles. The van der Waals surface area contributed by atoms with E-state index in [1.807, 2.05) is 30.3 Å². The summed E-state index contributed by atoms with van der Waals surface area (Å²) in [6.45, 7) is 9.26. The number of nitriles is 1. The van der Waals surface area contributed by atoms with E-state index in [1.54, 1.807) is 0 Å². The highest BCUT2D eigenvalue weighted by atomic mass is 16.5. The van der Waals surface area contributed by atoms with Gasteiger partial charge in [-0.15, -0.1) is 0 Å². The van der Waals surface area contributed by atoms with Gasteiger partial charge in [0, 0.05) is 16.6 Å². The van der Waals surface area contributed by atoms with Crippen LogP contribution in [0.4, 0.5) is 0 Å². The quantitative estimate of drug-likeness (QED) is 0.623. The minimum Gasteiger partial charge on any atom is -0.494 e. The van der Waals surface area contributed by atoms with Gasteiger partial charge in [-0.05, 0) is 97.3 Å². The molecule has 6 rings (SSSR count). The second-order valence-electron chi connectivity index (χ2n) is 11.0. The Morgan fingerprint density at radius 1 is 1.11 bits per heavy atom. The van der Waals surface area contributed by atoms with E-state index in [9.17, 15) is 10.1 Å². The lowest BCUT2D eigenvalue weighted by atomic mass is 9.68. The van der Waals surface area contributed by atoms with Gasteiger partial charge in [0.2, 0.25) is 0 Å². The number of hydrogen-bond donors (Lipinski definition) is 0. The van der Waals surface area contributed by atoms with E-state index in [0.29, 0.717) is 24.1 Å². The third kappa shape index (κ3) is 3.80. The van der Waals surface area contributed by atoms with Gasteiger partial charge in [0.05, 0.1) is 37.5 Å². The average Bonchev–Trinajstić information content (AvgIpc) is 3.23. The monoisotopic (exact) mass is 468 g/mol. The molecule has 0 spiro atoms. The first-order valence-corrected chi connectivity index (χ1v) is 12.9.